The Hall–Kier alpha value is -1.06. The Morgan fingerprint density at radius 3 is 2.94 bits per heavy atom. The van der Waals surface area contributed by atoms with Crippen molar-refractivity contribution >= 4 is 5.69 Å². The standard InChI is InChI=1S/C15H24N2O/c1-12-5-6-14-13(10-12)4-3-8-17(14)9-7-15(2,16)11-18/h5-6,10,18H,3-4,7-9,11,16H2,1-2H3. The smallest absolute Gasteiger partial charge is 0.0609 e. The van der Waals surface area contributed by atoms with Crippen LogP contribution in [0.1, 0.15) is 30.9 Å². The summed E-state index contributed by atoms with van der Waals surface area (Å²) in [5.74, 6) is 0. The van der Waals surface area contributed by atoms with Gasteiger partial charge in [0.2, 0.25) is 0 Å². The molecule has 3 heteroatoms. The maximum atomic E-state index is 9.21. The first-order chi connectivity index (χ1) is 8.52. The number of aliphatic hydroxyl groups is 1. The van der Waals surface area contributed by atoms with Crippen LogP contribution in [0.3, 0.4) is 0 Å². The summed E-state index contributed by atoms with van der Waals surface area (Å²) in [6, 6.07) is 6.68. The summed E-state index contributed by atoms with van der Waals surface area (Å²) in [6.07, 6.45) is 3.20. The third-order valence-electron chi connectivity index (χ3n) is 3.76. The van der Waals surface area contributed by atoms with Crippen LogP contribution in [0.5, 0.6) is 0 Å². The summed E-state index contributed by atoms with van der Waals surface area (Å²) in [4.78, 5) is 2.40. The van der Waals surface area contributed by atoms with Crippen LogP contribution in [-0.2, 0) is 6.42 Å². The molecule has 1 atom stereocenters. The second kappa shape index (κ2) is 5.29. The molecule has 100 valence electrons. The highest BCUT2D eigenvalue weighted by molar-refractivity contribution is 5.56. The van der Waals surface area contributed by atoms with E-state index in [0.717, 1.165) is 19.5 Å². The molecule has 0 bridgehead atoms. The number of hydrogen-bond donors (Lipinski definition) is 2. The maximum Gasteiger partial charge on any atom is 0.0609 e. The van der Waals surface area contributed by atoms with Crippen molar-refractivity contribution in [2.45, 2.75) is 38.6 Å². The first kappa shape index (κ1) is 13.4. The van der Waals surface area contributed by atoms with Crippen molar-refractivity contribution in [3.8, 4) is 0 Å². The van der Waals surface area contributed by atoms with Crippen LogP contribution in [0.2, 0.25) is 0 Å². The topological polar surface area (TPSA) is 49.5 Å². The van der Waals surface area contributed by atoms with Crippen molar-refractivity contribution in [1.29, 1.82) is 0 Å². The second-order valence-electron chi connectivity index (χ2n) is 5.78. The average Bonchev–Trinajstić information content (AvgIpc) is 2.36. The molecule has 0 amide bonds. The van der Waals surface area contributed by atoms with E-state index >= 15 is 0 Å². The van der Waals surface area contributed by atoms with Crippen LogP contribution < -0.4 is 10.6 Å². The van der Waals surface area contributed by atoms with Gasteiger partial charge in [0.25, 0.3) is 0 Å². The molecule has 3 N–H and O–H groups in total. The number of anilines is 1. The highest BCUT2D eigenvalue weighted by atomic mass is 16.3. The SMILES string of the molecule is Cc1ccc2c(c1)CCCN2CCC(C)(N)CO. The van der Waals surface area contributed by atoms with E-state index in [-0.39, 0.29) is 6.61 Å². The summed E-state index contributed by atoms with van der Waals surface area (Å²) in [7, 11) is 0. The minimum atomic E-state index is -0.470. The molecule has 1 aromatic carbocycles. The molecule has 3 nitrogen and oxygen atoms in total. The summed E-state index contributed by atoms with van der Waals surface area (Å²) in [5.41, 5.74) is 9.65. The van der Waals surface area contributed by atoms with Crippen molar-refractivity contribution in [3.05, 3.63) is 29.3 Å². The Labute approximate surface area is 110 Å². The van der Waals surface area contributed by atoms with E-state index in [1.807, 2.05) is 6.92 Å². The molecule has 0 aliphatic carbocycles. The lowest BCUT2D eigenvalue weighted by molar-refractivity contribution is 0.201. The van der Waals surface area contributed by atoms with Crippen molar-refractivity contribution in [3.63, 3.8) is 0 Å². The first-order valence-corrected chi connectivity index (χ1v) is 6.76. The fourth-order valence-electron chi connectivity index (χ4n) is 2.51. The molecule has 0 aromatic heterocycles. The lowest BCUT2D eigenvalue weighted by atomic mass is 9.96. The van der Waals surface area contributed by atoms with Gasteiger partial charge in [0.05, 0.1) is 6.61 Å². The van der Waals surface area contributed by atoms with Crippen LogP contribution in [0.25, 0.3) is 0 Å². The maximum absolute atomic E-state index is 9.21. The van der Waals surface area contributed by atoms with Crippen LogP contribution >= 0.6 is 0 Å². The molecule has 0 radical (unpaired) electrons. The number of aliphatic hydroxyl groups excluding tert-OH is 1. The van der Waals surface area contributed by atoms with Gasteiger partial charge in [0, 0.05) is 24.3 Å². The van der Waals surface area contributed by atoms with Gasteiger partial charge < -0.3 is 15.7 Å². The van der Waals surface area contributed by atoms with Gasteiger partial charge in [0.15, 0.2) is 0 Å². The van der Waals surface area contributed by atoms with E-state index in [1.165, 1.54) is 29.7 Å². The summed E-state index contributed by atoms with van der Waals surface area (Å²) in [6.45, 7) is 6.11. The monoisotopic (exact) mass is 248 g/mol. The molecule has 0 saturated heterocycles. The number of nitrogens with zero attached hydrogens (tertiary/aromatic N) is 1. The molecule has 1 unspecified atom stereocenters. The summed E-state index contributed by atoms with van der Waals surface area (Å²) < 4.78 is 0. The average molecular weight is 248 g/mol. The van der Waals surface area contributed by atoms with Gasteiger partial charge in [-0.2, -0.15) is 0 Å². The number of fused-ring (bicyclic) bond motifs is 1. The Morgan fingerprint density at radius 2 is 2.22 bits per heavy atom. The third kappa shape index (κ3) is 3.03. The Morgan fingerprint density at radius 1 is 1.44 bits per heavy atom. The number of hydrogen-bond acceptors (Lipinski definition) is 3. The predicted molar refractivity (Wildman–Crippen MR) is 76.0 cm³/mol. The number of rotatable bonds is 4. The van der Waals surface area contributed by atoms with E-state index in [0.29, 0.717) is 0 Å². The number of nitrogens with two attached hydrogens (primary N) is 1. The molecular formula is C15H24N2O. The summed E-state index contributed by atoms with van der Waals surface area (Å²) >= 11 is 0. The van der Waals surface area contributed by atoms with Crippen LogP contribution in [0.4, 0.5) is 5.69 Å². The van der Waals surface area contributed by atoms with Crippen molar-refractivity contribution in [2.75, 3.05) is 24.6 Å². The molecular weight excluding hydrogens is 224 g/mol. The van der Waals surface area contributed by atoms with Gasteiger partial charge in [-0.1, -0.05) is 17.7 Å². The fraction of sp³-hybridized carbons (Fsp3) is 0.600. The molecule has 2 rings (SSSR count). The molecule has 0 spiro atoms. The lowest BCUT2D eigenvalue weighted by Crippen LogP contribution is -2.44. The van der Waals surface area contributed by atoms with E-state index in [4.69, 9.17) is 5.73 Å². The van der Waals surface area contributed by atoms with Crippen molar-refractivity contribution < 1.29 is 5.11 Å². The Kier molecular flexibility index (Phi) is 3.93. The normalized spacial score (nSPS) is 18.3. The molecule has 1 heterocycles. The zero-order valence-corrected chi connectivity index (χ0v) is 11.4. The van der Waals surface area contributed by atoms with E-state index in [9.17, 15) is 5.11 Å². The van der Waals surface area contributed by atoms with Crippen LogP contribution in [0, 0.1) is 6.92 Å². The molecule has 1 aliphatic rings. The summed E-state index contributed by atoms with van der Waals surface area (Å²) in [5, 5.41) is 9.21. The second-order valence-corrected chi connectivity index (χ2v) is 5.78. The molecule has 18 heavy (non-hydrogen) atoms. The first-order valence-electron chi connectivity index (χ1n) is 6.76. The fourth-order valence-corrected chi connectivity index (χ4v) is 2.51. The van der Waals surface area contributed by atoms with Crippen molar-refractivity contribution in [1.82, 2.24) is 0 Å². The van der Waals surface area contributed by atoms with Crippen LogP contribution in [-0.4, -0.2) is 30.3 Å². The zero-order valence-electron chi connectivity index (χ0n) is 11.4. The lowest BCUT2D eigenvalue weighted by Gasteiger charge is -2.34. The van der Waals surface area contributed by atoms with E-state index in [1.54, 1.807) is 0 Å². The number of aryl methyl sites for hydroxylation is 2. The molecule has 0 fully saturated rings. The van der Waals surface area contributed by atoms with Gasteiger partial charge in [-0.25, -0.2) is 0 Å². The Bertz CT molecular complexity index is 415. The minimum absolute atomic E-state index is 0.0432. The largest absolute Gasteiger partial charge is 0.394 e. The van der Waals surface area contributed by atoms with E-state index < -0.39 is 5.54 Å². The number of benzene rings is 1. The van der Waals surface area contributed by atoms with Gasteiger partial charge in [-0.05, 0) is 44.7 Å². The predicted octanol–water partition coefficient (Wildman–Crippen LogP) is 1.85. The van der Waals surface area contributed by atoms with Gasteiger partial charge in [0.1, 0.15) is 0 Å². The quantitative estimate of drug-likeness (QED) is 0.855. The zero-order chi connectivity index (χ0) is 13.2. The van der Waals surface area contributed by atoms with Gasteiger partial charge >= 0.3 is 0 Å². The Balaban J connectivity index is 2.08. The van der Waals surface area contributed by atoms with Gasteiger partial charge in [-0.3, -0.25) is 0 Å². The van der Waals surface area contributed by atoms with Crippen LogP contribution in [0.15, 0.2) is 18.2 Å². The van der Waals surface area contributed by atoms with E-state index in [2.05, 4.69) is 30.0 Å². The van der Waals surface area contributed by atoms with Gasteiger partial charge in [-0.15, -0.1) is 0 Å². The minimum Gasteiger partial charge on any atom is -0.394 e. The third-order valence-corrected chi connectivity index (χ3v) is 3.76. The molecule has 0 saturated carbocycles. The molecule has 1 aliphatic heterocycles. The molecule has 1 aromatic rings. The van der Waals surface area contributed by atoms with Crippen molar-refractivity contribution in [2.24, 2.45) is 5.73 Å². The highest BCUT2D eigenvalue weighted by Crippen LogP contribution is 2.28. The highest BCUT2D eigenvalue weighted by Gasteiger charge is 2.21.